The Balaban J connectivity index is 1.70. The average Bonchev–Trinajstić information content (AvgIpc) is 2.68. The maximum Gasteiger partial charge on any atom is 0.183 e. The van der Waals surface area contributed by atoms with Crippen molar-refractivity contribution in [2.75, 3.05) is 39.3 Å². The van der Waals surface area contributed by atoms with Gasteiger partial charge in [0.05, 0.1) is 14.2 Å². The molecule has 2 aromatic rings. The van der Waals surface area contributed by atoms with Crippen LogP contribution in [0.3, 0.4) is 0 Å². The highest BCUT2D eigenvalue weighted by molar-refractivity contribution is 5.42. The topological polar surface area (TPSA) is 63.6 Å². The van der Waals surface area contributed by atoms with Crippen LogP contribution in [0.25, 0.3) is 0 Å². The van der Waals surface area contributed by atoms with E-state index >= 15 is 0 Å². The zero-order valence-electron chi connectivity index (χ0n) is 15.1. The fourth-order valence-electron chi connectivity index (χ4n) is 3.31. The molecular formula is C18H25N5O2. The summed E-state index contributed by atoms with van der Waals surface area (Å²) in [7, 11) is 5.43. The van der Waals surface area contributed by atoms with Crippen molar-refractivity contribution in [1.82, 2.24) is 20.1 Å². The first-order chi connectivity index (χ1) is 12.2. The fraction of sp³-hybridized carbons (Fsp3) is 0.500. The second-order valence-electron chi connectivity index (χ2n) is 6.23. The van der Waals surface area contributed by atoms with Gasteiger partial charge in [-0.1, -0.05) is 0 Å². The lowest BCUT2D eigenvalue weighted by atomic mass is 10.0. The minimum absolute atomic E-state index is 0.425. The number of anilines is 1. The van der Waals surface area contributed by atoms with Crippen molar-refractivity contribution in [2.24, 2.45) is 0 Å². The van der Waals surface area contributed by atoms with Crippen molar-refractivity contribution in [3.05, 3.63) is 36.3 Å². The van der Waals surface area contributed by atoms with Crippen molar-refractivity contribution in [3.63, 3.8) is 0 Å². The van der Waals surface area contributed by atoms with E-state index in [1.807, 2.05) is 18.2 Å². The van der Waals surface area contributed by atoms with Gasteiger partial charge in [-0.25, -0.2) is 0 Å². The zero-order chi connectivity index (χ0) is 17.6. The summed E-state index contributed by atoms with van der Waals surface area (Å²) in [5.41, 5.74) is 0.890. The molecule has 0 saturated carbocycles. The number of hydrogen-bond donors (Lipinski definition) is 0. The smallest absolute Gasteiger partial charge is 0.183 e. The molecule has 0 bridgehead atoms. The molecule has 0 amide bonds. The molecule has 3 heterocycles. The Morgan fingerprint density at radius 1 is 1.24 bits per heavy atom. The number of ether oxygens (including phenoxy) is 2. The summed E-state index contributed by atoms with van der Waals surface area (Å²) in [6.07, 6.45) is 5.75. The quantitative estimate of drug-likeness (QED) is 0.795. The molecule has 0 unspecified atom stereocenters. The third kappa shape index (κ3) is 3.99. The molecule has 0 N–H and O–H groups in total. The molecule has 1 saturated heterocycles. The molecule has 1 aliphatic rings. The first-order valence-corrected chi connectivity index (χ1v) is 8.51. The Morgan fingerprint density at radius 3 is 2.84 bits per heavy atom. The SMILES string of the molecule is COc1ccnc(CN(C)[C@H]2CCCN(c3cccnn3)C2)c1OC. The number of likely N-dealkylation sites (N-methyl/N-ethyl adjacent to an activating group) is 1. The van der Waals surface area contributed by atoms with Crippen LogP contribution in [0.1, 0.15) is 18.5 Å². The number of piperidine rings is 1. The van der Waals surface area contributed by atoms with E-state index in [2.05, 4.69) is 32.0 Å². The van der Waals surface area contributed by atoms with Crippen molar-refractivity contribution >= 4 is 5.82 Å². The van der Waals surface area contributed by atoms with E-state index in [0.29, 0.717) is 24.1 Å². The fourth-order valence-corrected chi connectivity index (χ4v) is 3.31. The van der Waals surface area contributed by atoms with Crippen LogP contribution >= 0.6 is 0 Å². The number of methoxy groups -OCH3 is 2. The molecule has 3 rings (SSSR count). The average molecular weight is 343 g/mol. The maximum atomic E-state index is 5.50. The number of nitrogens with zero attached hydrogens (tertiary/aromatic N) is 5. The number of hydrogen-bond acceptors (Lipinski definition) is 7. The third-order valence-electron chi connectivity index (χ3n) is 4.67. The molecule has 25 heavy (non-hydrogen) atoms. The van der Waals surface area contributed by atoms with E-state index in [-0.39, 0.29) is 0 Å². The standard InChI is InChI=1S/C18H25N5O2/c1-22(13-15-18(25-3)16(24-2)8-10-19-15)14-6-5-11-23(12-14)17-7-4-9-20-21-17/h4,7-10,14H,5-6,11-13H2,1-3H3/t14-/m0/s1. The van der Waals surface area contributed by atoms with E-state index in [9.17, 15) is 0 Å². The van der Waals surface area contributed by atoms with E-state index in [1.165, 1.54) is 0 Å². The van der Waals surface area contributed by atoms with Gasteiger partial charge in [0.2, 0.25) is 0 Å². The van der Waals surface area contributed by atoms with Gasteiger partial charge < -0.3 is 14.4 Å². The van der Waals surface area contributed by atoms with Gasteiger partial charge in [0.15, 0.2) is 17.3 Å². The summed E-state index contributed by atoms with van der Waals surface area (Å²) < 4.78 is 10.9. The monoisotopic (exact) mass is 343 g/mol. The summed E-state index contributed by atoms with van der Waals surface area (Å²) in [5, 5.41) is 8.23. The summed E-state index contributed by atoms with van der Waals surface area (Å²) in [6, 6.07) is 6.19. The van der Waals surface area contributed by atoms with Gasteiger partial charge in [0, 0.05) is 44.1 Å². The van der Waals surface area contributed by atoms with Crippen LogP contribution in [-0.2, 0) is 6.54 Å². The lowest BCUT2D eigenvalue weighted by molar-refractivity contribution is 0.202. The van der Waals surface area contributed by atoms with Gasteiger partial charge in [0.1, 0.15) is 5.69 Å². The largest absolute Gasteiger partial charge is 0.493 e. The van der Waals surface area contributed by atoms with Crippen LogP contribution in [0.4, 0.5) is 5.82 Å². The van der Waals surface area contributed by atoms with Crippen molar-refractivity contribution < 1.29 is 9.47 Å². The van der Waals surface area contributed by atoms with Gasteiger partial charge in [-0.05, 0) is 32.0 Å². The van der Waals surface area contributed by atoms with Crippen molar-refractivity contribution in [1.29, 1.82) is 0 Å². The van der Waals surface area contributed by atoms with Crippen LogP contribution < -0.4 is 14.4 Å². The van der Waals surface area contributed by atoms with Crippen LogP contribution in [0.2, 0.25) is 0 Å². The van der Waals surface area contributed by atoms with Gasteiger partial charge in [-0.2, -0.15) is 5.10 Å². The first kappa shape index (κ1) is 17.4. The second kappa shape index (κ2) is 8.11. The summed E-state index contributed by atoms with van der Waals surface area (Å²) in [5.74, 6) is 2.36. The van der Waals surface area contributed by atoms with Gasteiger partial charge >= 0.3 is 0 Å². The van der Waals surface area contributed by atoms with E-state index in [4.69, 9.17) is 9.47 Å². The second-order valence-corrected chi connectivity index (χ2v) is 6.23. The van der Waals surface area contributed by atoms with E-state index < -0.39 is 0 Å². The highest BCUT2D eigenvalue weighted by Gasteiger charge is 2.25. The van der Waals surface area contributed by atoms with Crippen molar-refractivity contribution in [3.8, 4) is 11.5 Å². The summed E-state index contributed by atoms with van der Waals surface area (Å²) >= 11 is 0. The van der Waals surface area contributed by atoms with Crippen molar-refractivity contribution in [2.45, 2.75) is 25.4 Å². The lowest BCUT2D eigenvalue weighted by Crippen LogP contribution is -2.46. The first-order valence-electron chi connectivity index (χ1n) is 8.51. The highest BCUT2D eigenvalue weighted by atomic mass is 16.5. The molecule has 2 aromatic heterocycles. The number of rotatable bonds is 6. The summed E-state index contributed by atoms with van der Waals surface area (Å²) in [4.78, 5) is 9.11. The Bertz CT molecular complexity index is 682. The van der Waals surface area contributed by atoms with Gasteiger partial charge in [0.25, 0.3) is 0 Å². The summed E-state index contributed by atoms with van der Waals surface area (Å²) in [6.45, 7) is 2.66. The van der Waals surface area contributed by atoms with Crippen LogP contribution in [-0.4, -0.2) is 60.5 Å². The molecule has 0 aliphatic carbocycles. The molecule has 1 fully saturated rings. The van der Waals surface area contributed by atoms with E-state index in [0.717, 1.165) is 37.4 Å². The van der Waals surface area contributed by atoms with Crippen LogP contribution in [0, 0.1) is 0 Å². The highest BCUT2D eigenvalue weighted by Crippen LogP contribution is 2.30. The normalized spacial score (nSPS) is 17.6. The molecular weight excluding hydrogens is 318 g/mol. The Hall–Kier alpha value is -2.41. The van der Waals surface area contributed by atoms with Gasteiger partial charge in [-0.3, -0.25) is 9.88 Å². The Kier molecular flexibility index (Phi) is 5.65. The predicted molar refractivity (Wildman–Crippen MR) is 96.1 cm³/mol. The van der Waals surface area contributed by atoms with E-state index in [1.54, 1.807) is 26.6 Å². The van der Waals surface area contributed by atoms with Crippen LogP contribution in [0.5, 0.6) is 11.5 Å². The maximum absolute atomic E-state index is 5.50. The molecule has 7 heteroatoms. The molecule has 1 aliphatic heterocycles. The minimum atomic E-state index is 0.425. The lowest BCUT2D eigenvalue weighted by Gasteiger charge is -2.38. The number of aromatic nitrogens is 3. The molecule has 0 spiro atoms. The minimum Gasteiger partial charge on any atom is -0.493 e. The molecule has 7 nitrogen and oxygen atoms in total. The number of pyridine rings is 1. The molecule has 1 atom stereocenters. The Morgan fingerprint density at radius 2 is 2.12 bits per heavy atom. The zero-order valence-corrected chi connectivity index (χ0v) is 15.1. The van der Waals surface area contributed by atoms with Crippen LogP contribution in [0.15, 0.2) is 30.6 Å². The molecule has 134 valence electrons. The Labute approximate surface area is 148 Å². The third-order valence-corrected chi connectivity index (χ3v) is 4.67. The molecule has 0 aromatic carbocycles. The van der Waals surface area contributed by atoms with Gasteiger partial charge in [-0.15, -0.1) is 5.10 Å². The molecule has 0 radical (unpaired) electrons. The predicted octanol–water partition coefficient (Wildman–Crippen LogP) is 1.99.